The van der Waals surface area contributed by atoms with Gasteiger partial charge in [0.15, 0.2) is 5.96 Å². The molecule has 2 aromatic heterocycles. The van der Waals surface area contributed by atoms with Gasteiger partial charge in [0, 0.05) is 51.2 Å². The van der Waals surface area contributed by atoms with Gasteiger partial charge in [-0.3, -0.25) is 14.7 Å². The first-order valence-electron chi connectivity index (χ1n) is 7.95. The Hall–Kier alpha value is -1.64. The number of rotatable bonds is 6. The van der Waals surface area contributed by atoms with Crippen LogP contribution in [0.4, 0.5) is 0 Å². The van der Waals surface area contributed by atoms with E-state index in [2.05, 4.69) is 39.6 Å². The SMILES string of the molecule is CN=C(NCCc1ccccn1)NCCc1c(C)nn(C)c1C.I. The lowest BCUT2D eigenvalue weighted by Gasteiger charge is -2.12. The number of guanidine groups is 1. The number of pyridine rings is 1. The van der Waals surface area contributed by atoms with Crippen molar-refractivity contribution in [2.24, 2.45) is 12.0 Å². The van der Waals surface area contributed by atoms with Crippen molar-refractivity contribution >= 4 is 29.9 Å². The summed E-state index contributed by atoms with van der Waals surface area (Å²) in [6, 6.07) is 5.97. The molecule has 0 aliphatic rings. The highest BCUT2D eigenvalue weighted by molar-refractivity contribution is 14.0. The molecule has 0 aliphatic heterocycles. The Morgan fingerprint density at radius 1 is 1.17 bits per heavy atom. The third-order valence-corrected chi connectivity index (χ3v) is 3.95. The Labute approximate surface area is 161 Å². The summed E-state index contributed by atoms with van der Waals surface area (Å²) in [5.41, 5.74) is 4.72. The molecule has 0 fully saturated rings. The molecule has 2 N–H and O–H groups in total. The van der Waals surface area contributed by atoms with Crippen molar-refractivity contribution in [3.05, 3.63) is 47.0 Å². The number of aromatic nitrogens is 3. The molecule has 0 spiro atoms. The number of hydrogen-bond acceptors (Lipinski definition) is 3. The summed E-state index contributed by atoms with van der Waals surface area (Å²) in [6.45, 7) is 5.80. The average Bonchev–Trinajstić information content (AvgIpc) is 2.80. The van der Waals surface area contributed by atoms with Crippen LogP contribution in [0.3, 0.4) is 0 Å². The molecule has 6 nitrogen and oxygen atoms in total. The van der Waals surface area contributed by atoms with Crippen LogP contribution in [-0.4, -0.2) is 40.9 Å². The van der Waals surface area contributed by atoms with Crippen molar-refractivity contribution in [3.63, 3.8) is 0 Å². The molecule has 0 amide bonds. The van der Waals surface area contributed by atoms with Gasteiger partial charge in [0.25, 0.3) is 0 Å². The van der Waals surface area contributed by atoms with Gasteiger partial charge in [0.2, 0.25) is 0 Å². The van der Waals surface area contributed by atoms with Gasteiger partial charge in [0.1, 0.15) is 0 Å². The van der Waals surface area contributed by atoms with Crippen LogP contribution in [0.1, 0.15) is 22.6 Å². The lowest BCUT2D eigenvalue weighted by molar-refractivity contribution is 0.728. The van der Waals surface area contributed by atoms with Crippen molar-refractivity contribution in [3.8, 4) is 0 Å². The Morgan fingerprint density at radius 3 is 2.42 bits per heavy atom. The third-order valence-electron chi connectivity index (χ3n) is 3.95. The maximum absolute atomic E-state index is 4.45. The predicted molar refractivity (Wildman–Crippen MR) is 109 cm³/mol. The minimum atomic E-state index is 0. The Bertz CT molecular complexity index is 651. The van der Waals surface area contributed by atoms with Crippen LogP contribution < -0.4 is 10.6 Å². The van der Waals surface area contributed by atoms with Gasteiger partial charge in [-0.2, -0.15) is 5.10 Å². The van der Waals surface area contributed by atoms with Crippen LogP contribution in [-0.2, 0) is 19.9 Å². The molecule has 2 heterocycles. The van der Waals surface area contributed by atoms with E-state index in [4.69, 9.17) is 0 Å². The first-order chi connectivity index (χ1) is 11.1. The minimum Gasteiger partial charge on any atom is -0.356 e. The highest BCUT2D eigenvalue weighted by atomic mass is 127. The lowest BCUT2D eigenvalue weighted by Crippen LogP contribution is -2.39. The summed E-state index contributed by atoms with van der Waals surface area (Å²) in [4.78, 5) is 8.57. The number of nitrogens with zero attached hydrogens (tertiary/aromatic N) is 4. The maximum atomic E-state index is 4.45. The Balaban J connectivity index is 0.00000288. The van der Waals surface area contributed by atoms with Crippen LogP contribution in [0.25, 0.3) is 0 Å². The largest absolute Gasteiger partial charge is 0.356 e. The molecule has 132 valence electrons. The molecule has 2 rings (SSSR count). The van der Waals surface area contributed by atoms with Gasteiger partial charge in [0.05, 0.1) is 5.69 Å². The second-order valence-electron chi connectivity index (χ2n) is 5.52. The molecule has 7 heteroatoms. The van der Waals surface area contributed by atoms with Gasteiger partial charge in [-0.05, 0) is 38.0 Å². The zero-order chi connectivity index (χ0) is 16.7. The summed E-state index contributed by atoms with van der Waals surface area (Å²) >= 11 is 0. The van der Waals surface area contributed by atoms with Gasteiger partial charge in [-0.15, -0.1) is 24.0 Å². The molecule has 24 heavy (non-hydrogen) atoms. The van der Waals surface area contributed by atoms with Gasteiger partial charge in [-0.1, -0.05) is 6.07 Å². The molecule has 0 saturated heterocycles. The summed E-state index contributed by atoms with van der Waals surface area (Å²) in [5, 5.41) is 11.1. The number of hydrogen-bond donors (Lipinski definition) is 2. The zero-order valence-electron chi connectivity index (χ0n) is 14.8. The zero-order valence-corrected chi connectivity index (χ0v) is 17.2. The van der Waals surface area contributed by atoms with Crippen molar-refractivity contribution < 1.29 is 0 Å². The van der Waals surface area contributed by atoms with E-state index in [1.54, 1.807) is 7.05 Å². The monoisotopic (exact) mass is 442 g/mol. The first kappa shape index (κ1) is 20.4. The van der Waals surface area contributed by atoms with E-state index in [0.29, 0.717) is 0 Å². The number of nitrogens with one attached hydrogen (secondary N) is 2. The van der Waals surface area contributed by atoms with E-state index in [-0.39, 0.29) is 24.0 Å². The summed E-state index contributed by atoms with van der Waals surface area (Å²) in [7, 11) is 3.77. The Morgan fingerprint density at radius 2 is 1.88 bits per heavy atom. The Kier molecular flexibility index (Phi) is 8.73. The summed E-state index contributed by atoms with van der Waals surface area (Å²) in [6.07, 6.45) is 3.63. The van der Waals surface area contributed by atoms with Crippen molar-refractivity contribution in [1.29, 1.82) is 0 Å². The fourth-order valence-electron chi connectivity index (χ4n) is 2.56. The highest BCUT2D eigenvalue weighted by Crippen LogP contribution is 2.11. The fraction of sp³-hybridized carbons (Fsp3) is 0.471. The smallest absolute Gasteiger partial charge is 0.190 e. The van der Waals surface area contributed by atoms with Crippen molar-refractivity contribution in [2.75, 3.05) is 20.1 Å². The van der Waals surface area contributed by atoms with Crippen molar-refractivity contribution in [1.82, 2.24) is 25.4 Å². The highest BCUT2D eigenvalue weighted by Gasteiger charge is 2.08. The first-order valence-corrected chi connectivity index (χ1v) is 7.95. The standard InChI is InChI=1S/C17H26N6.HI/c1-13-16(14(2)23(4)22-13)9-12-21-17(18-3)20-11-8-15-7-5-6-10-19-15;/h5-7,10H,8-9,11-12H2,1-4H3,(H2,18,20,21);1H. The second kappa shape index (κ2) is 10.3. The van der Waals surface area contributed by atoms with Gasteiger partial charge in [-0.25, -0.2) is 0 Å². The molecular formula is C17H27IN6. The molecule has 0 unspecified atom stereocenters. The number of aliphatic imine (C=N–C) groups is 1. The summed E-state index contributed by atoms with van der Waals surface area (Å²) in [5.74, 6) is 0.820. The minimum absolute atomic E-state index is 0. The average molecular weight is 442 g/mol. The maximum Gasteiger partial charge on any atom is 0.190 e. The second-order valence-corrected chi connectivity index (χ2v) is 5.52. The molecular weight excluding hydrogens is 415 g/mol. The predicted octanol–water partition coefficient (Wildman–Crippen LogP) is 2.00. The topological polar surface area (TPSA) is 67.1 Å². The van der Waals surface area contributed by atoms with Crippen LogP contribution in [0.5, 0.6) is 0 Å². The molecule has 0 aliphatic carbocycles. The van der Waals surface area contributed by atoms with Gasteiger partial charge < -0.3 is 10.6 Å². The van der Waals surface area contributed by atoms with E-state index in [0.717, 1.165) is 43.3 Å². The third kappa shape index (κ3) is 5.77. The van der Waals surface area contributed by atoms with Crippen LogP contribution >= 0.6 is 24.0 Å². The van der Waals surface area contributed by atoms with Crippen molar-refractivity contribution in [2.45, 2.75) is 26.7 Å². The fourth-order valence-corrected chi connectivity index (χ4v) is 2.56. The van der Waals surface area contributed by atoms with Gasteiger partial charge >= 0.3 is 0 Å². The lowest BCUT2D eigenvalue weighted by atomic mass is 10.1. The van der Waals surface area contributed by atoms with Crippen LogP contribution in [0.2, 0.25) is 0 Å². The molecule has 0 radical (unpaired) electrons. The van der Waals surface area contributed by atoms with E-state index >= 15 is 0 Å². The van der Waals surface area contributed by atoms with E-state index in [1.807, 2.05) is 36.1 Å². The quantitative estimate of drug-likeness (QED) is 0.408. The van der Waals surface area contributed by atoms with E-state index in [9.17, 15) is 0 Å². The number of halogens is 1. The van der Waals surface area contributed by atoms with Crippen LogP contribution in [0.15, 0.2) is 29.4 Å². The summed E-state index contributed by atoms with van der Waals surface area (Å²) < 4.78 is 1.94. The molecule has 0 bridgehead atoms. The number of aryl methyl sites for hydroxylation is 2. The molecule has 0 aromatic carbocycles. The van der Waals surface area contributed by atoms with Crippen LogP contribution in [0, 0.1) is 13.8 Å². The van der Waals surface area contributed by atoms with E-state index < -0.39 is 0 Å². The van der Waals surface area contributed by atoms with E-state index in [1.165, 1.54) is 11.3 Å². The molecule has 0 saturated carbocycles. The normalized spacial score (nSPS) is 11.1. The molecule has 0 atom stereocenters. The molecule has 2 aromatic rings.